The number of carbonyl (C=O) groups excluding carboxylic acids is 1. The third-order valence-electron chi connectivity index (χ3n) is 3.29. The van der Waals surface area contributed by atoms with Gasteiger partial charge in [-0.1, -0.05) is 26.3 Å². The van der Waals surface area contributed by atoms with Gasteiger partial charge in [0.2, 0.25) is 5.75 Å². The number of nitro benzene ring substituents is 1. The van der Waals surface area contributed by atoms with Crippen molar-refractivity contribution in [1.29, 1.82) is 0 Å². The monoisotopic (exact) mass is 280 g/mol. The first-order valence-electron chi connectivity index (χ1n) is 6.64. The van der Waals surface area contributed by atoms with E-state index in [0.29, 0.717) is 5.92 Å². The fourth-order valence-corrected chi connectivity index (χ4v) is 1.99. The molecular formula is C14H20N2O4. The van der Waals surface area contributed by atoms with Gasteiger partial charge in [0.05, 0.1) is 10.5 Å². The van der Waals surface area contributed by atoms with E-state index in [9.17, 15) is 20.0 Å². The molecule has 0 saturated carbocycles. The molecule has 0 bridgehead atoms. The van der Waals surface area contributed by atoms with Crippen molar-refractivity contribution in [3.63, 3.8) is 0 Å². The standard InChI is InChI=1S/C14H20N2O4/c1-4-9(2)8-10(3)15-14(18)11-6-5-7-12(13(11)17)16(19)20/h5-7,9-10,17H,4,8H2,1-3H3,(H,15,18). The highest BCUT2D eigenvalue weighted by Crippen LogP contribution is 2.29. The van der Waals surface area contributed by atoms with Gasteiger partial charge in [-0.3, -0.25) is 14.9 Å². The predicted molar refractivity (Wildman–Crippen MR) is 75.8 cm³/mol. The Balaban J connectivity index is 2.83. The molecule has 1 aromatic rings. The quantitative estimate of drug-likeness (QED) is 0.619. The van der Waals surface area contributed by atoms with Gasteiger partial charge in [-0.05, 0) is 25.3 Å². The van der Waals surface area contributed by atoms with Crippen molar-refractivity contribution in [2.45, 2.75) is 39.7 Å². The molecule has 0 heterocycles. The maximum atomic E-state index is 12.0. The Labute approximate surface area is 118 Å². The van der Waals surface area contributed by atoms with Crippen molar-refractivity contribution >= 4 is 11.6 Å². The Morgan fingerprint density at radius 3 is 2.65 bits per heavy atom. The van der Waals surface area contributed by atoms with Gasteiger partial charge in [-0.15, -0.1) is 0 Å². The van der Waals surface area contributed by atoms with Crippen LogP contribution in [0.5, 0.6) is 5.75 Å². The number of hydrogen-bond donors (Lipinski definition) is 2. The van der Waals surface area contributed by atoms with E-state index < -0.39 is 22.3 Å². The lowest BCUT2D eigenvalue weighted by Crippen LogP contribution is -2.33. The lowest BCUT2D eigenvalue weighted by molar-refractivity contribution is -0.385. The van der Waals surface area contributed by atoms with Crippen LogP contribution < -0.4 is 5.32 Å². The first-order chi connectivity index (χ1) is 9.36. The van der Waals surface area contributed by atoms with Crippen molar-refractivity contribution in [2.75, 3.05) is 0 Å². The number of phenols is 1. The molecule has 6 heteroatoms. The van der Waals surface area contributed by atoms with Gasteiger partial charge >= 0.3 is 5.69 Å². The van der Waals surface area contributed by atoms with Crippen LogP contribution in [0.15, 0.2) is 18.2 Å². The zero-order valence-corrected chi connectivity index (χ0v) is 11.9. The van der Waals surface area contributed by atoms with E-state index in [-0.39, 0.29) is 11.6 Å². The first kappa shape index (κ1) is 15.9. The zero-order valence-electron chi connectivity index (χ0n) is 11.9. The number of nitro groups is 1. The van der Waals surface area contributed by atoms with E-state index in [1.165, 1.54) is 12.1 Å². The maximum absolute atomic E-state index is 12.0. The Kier molecular flexibility index (Phi) is 5.49. The van der Waals surface area contributed by atoms with Crippen molar-refractivity contribution in [1.82, 2.24) is 5.32 Å². The molecule has 1 amide bonds. The van der Waals surface area contributed by atoms with Crippen molar-refractivity contribution in [2.24, 2.45) is 5.92 Å². The molecule has 2 N–H and O–H groups in total. The second-order valence-corrected chi connectivity index (χ2v) is 5.05. The molecule has 20 heavy (non-hydrogen) atoms. The lowest BCUT2D eigenvalue weighted by Gasteiger charge is -2.17. The Morgan fingerprint density at radius 1 is 1.45 bits per heavy atom. The van der Waals surface area contributed by atoms with E-state index >= 15 is 0 Å². The van der Waals surface area contributed by atoms with E-state index in [4.69, 9.17) is 0 Å². The summed E-state index contributed by atoms with van der Waals surface area (Å²) in [5.41, 5.74) is -0.539. The normalized spacial score (nSPS) is 13.6. The number of benzene rings is 1. The van der Waals surface area contributed by atoms with Crippen molar-refractivity contribution in [3.8, 4) is 5.75 Å². The van der Waals surface area contributed by atoms with Gasteiger partial charge in [-0.2, -0.15) is 0 Å². The van der Waals surface area contributed by atoms with Gasteiger partial charge in [0, 0.05) is 12.1 Å². The highest BCUT2D eigenvalue weighted by atomic mass is 16.6. The van der Waals surface area contributed by atoms with Crippen LogP contribution in [0.25, 0.3) is 0 Å². The summed E-state index contributed by atoms with van der Waals surface area (Å²) in [6.07, 6.45) is 1.83. The molecule has 0 radical (unpaired) electrons. The number of amides is 1. The van der Waals surface area contributed by atoms with Crippen molar-refractivity contribution < 1.29 is 14.8 Å². The molecular weight excluding hydrogens is 260 g/mol. The number of nitrogens with zero attached hydrogens (tertiary/aromatic N) is 1. The topological polar surface area (TPSA) is 92.5 Å². The summed E-state index contributed by atoms with van der Waals surface area (Å²) in [6.45, 7) is 6.04. The smallest absolute Gasteiger partial charge is 0.311 e. The average molecular weight is 280 g/mol. The summed E-state index contributed by atoms with van der Waals surface area (Å²) in [7, 11) is 0. The SMILES string of the molecule is CCC(C)CC(C)NC(=O)c1cccc([N+](=O)[O-])c1O. The highest BCUT2D eigenvalue weighted by Gasteiger charge is 2.22. The van der Waals surface area contributed by atoms with Gasteiger partial charge < -0.3 is 10.4 Å². The fraction of sp³-hybridized carbons (Fsp3) is 0.500. The number of aromatic hydroxyl groups is 1. The van der Waals surface area contributed by atoms with Crippen LogP contribution in [-0.2, 0) is 0 Å². The van der Waals surface area contributed by atoms with E-state index in [2.05, 4.69) is 19.2 Å². The molecule has 1 aromatic carbocycles. The molecule has 2 atom stereocenters. The summed E-state index contributed by atoms with van der Waals surface area (Å²) in [5.74, 6) is -0.614. The summed E-state index contributed by atoms with van der Waals surface area (Å²) in [6, 6.07) is 3.85. The number of rotatable bonds is 6. The molecule has 1 rings (SSSR count). The minimum Gasteiger partial charge on any atom is -0.502 e. The second kappa shape index (κ2) is 6.88. The summed E-state index contributed by atoms with van der Waals surface area (Å²) in [4.78, 5) is 22.0. The van der Waals surface area contributed by atoms with Gasteiger partial charge in [0.15, 0.2) is 0 Å². The van der Waals surface area contributed by atoms with E-state index in [1.807, 2.05) is 6.92 Å². The fourth-order valence-electron chi connectivity index (χ4n) is 1.99. The average Bonchev–Trinajstić information content (AvgIpc) is 2.37. The molecule has 0 aliphatic carbocycles. The summed E-state index contributed by atoms with van der Waals surface area (Å²) in [5, 5.41) is 23.2. The zero-order chi connectivity index (χ0) is 15.3. The van der Waals surface area contributed by atoms with Gasteiger partial charge in [0.25, 0.3) is 5.91 Å². The predicted octanol–water partition coefficient (Wildman–Crippen LogP) is 2.85. The number of nitrogens with one attached hydrogen (secondary N) is 1. The van der Waals surface area contributed by atoms with Gasteiger partial charge in [-0.25, -0.2) is 0 Å². The Bertz CT molecular complexity index is 502. The molecule has 6 nitrogen and oxygen atoms in total. The minimum atomic E-state index is -0.714. The molecule has 0 spiro atoms. The molecule has 110 valence electrons. The Hall–Kier alpha value is -2.11. The van der Waals surface area contributed by atoms with Crippen LogP contribution in [0, 0.1) is 16.0 Å². The number of para-hydroxylation sites is 1. The molecule has 0 aliphatic rings. The largest absolute Gasteiger partial charge is 0.502 e. The van der Waals surface area contributed by atoms with Crippen molar-refractivity contribution in [3.05, 3.63) is 33.9 Å². The second-order valence-electron chi connectivity index (χ2n) is 5.05. The number of phenolic OH excluding ortho intramolecular Hbond substituents is 1. The molecule has 0 saturated heterocycles. The summed E-state index contributed by atoms with van der Waals surface area (Å²) < 4.78 is 0. The van der Waals surface area contributed by atoms with Crippen LogP contribution in [0.1, 0.15) is 44.0 Å². The lowest BCUT2D eigenvalue weighted by atomic mass is 10.00. The van der Waals surface area contributed by atoms with Crippen LogP contribution >= 0.6 is 0 Å². The van der Waals surface area contributed by atoms with Crippen LogP contribution in [-0.4, -0.2) is 22.0 Å². The van der Waals surface area contributed by atoms with E-state index in [1.54, 1.807) is 0 Å². The third kappa shape index (κ3) is 3.94. The van der Waals surface area contributed by atoms with Crippen LogP contribution in [0.3, 0.4) is 0 Å². The van der Waals surface area contributed by atoms with Crippen LogP contribution in [0.2, 0.25) is 0 Å². The highest BCUT2D eigenvalue weighted by molar-refractivity contribution is 5.98. The third-order valence-corrected chi connectivity index (χ3v) is 3.29. The van der Waals surface area contributed by atoms with Crippen LogP contribution in [0.4, 0.5) is 5.69 Å². The number of hydrogen-bond acceptors (Lipinski definition) is 4. The Morgan fingerprint density at radius 2 is 2.10 bits per heavy atom. The maximum Gasteiger partial charge on any atom is 0.311 e. The molecule has 2 unspecified atom stereocenters. The number of carbonyl (C=O) groups is 1. The molecule has 0 aromatic heterocycles. The molecule has 0 fully saturated rings. The minimum absolute atomic E-state index is 0.0592. The summed E-state index contributed by atoms with van der Waals surface area (Å²) >= 11 is 0. The molecule has 0 aliphatic heterocycles. The van der Waals surface area contributed by atoms with Gasteiger partial charge in [0.1, 0.15) is 0 Å². The first-order valence-corrected chi connectivity index (χ1v) is 6.64. The van der Waals surface area contributed by atoms with E-state index in [0.717, 1.165) is 18.9 Å².